The molecule has 0 aliphatic heterocycles. The van der Waals surface area contributed by atoms with Gasteiger partial charge in [0.25, 0.3) is 0 Å². The van der Waals surface area contributed by atoms with Gasteiger partial charge < -0.3 is 4.42 Å². The Morgan fingerprint density at radius 2 is 1.76 bits per heavy atom. The molecule has 1 aromatic heterocycles. The third-order valence-corrected chi connectivity index (χ3v) is 2.21. The topological polar surface area (TPSA) is 36.9 Å². The summed E-state index contributed by atoms with van der Waals surface area (Å²) in [5, 5.41) is 8.56. The molecular weight excluding hydrogens is 231 g/mol. The van der Waals surface area contributed by atoms with Crippen LogP contribution in [0.25, 0.3) is 11.3 Å². The lowest BCUT2D eigenvalue weighted by Crippen LogP contribution is -2.06. The highest BCUT2D eigenvalue weighted by Gasteiger charge is 2.34. The number of alkyl halides is 3. The van der Waals surface area contributed by atoms with Crippen LogP contribution in [0.15, 0.2) is 40.8 Å². The molecule has 0 aliphatic carbocycles. The molecule has 0 spiro atoms. The van der Waals surface area contributed by atoms with Crippen LogP contribution in [0.1, 0.15) is 11.3 Å². The van der Waals surface area contributed by atoms with E-state index in [1.807, 2.05) is 0 Å². The number of rotatable bonds is 1. The average molecular weight is 237 g/mol. The summed E-state index contributed by atoms with van der Waals surface area (Å²) in [6.45, 7) is 0. The molecule has 0 bridgehead atoms. The van der Waals surface area contributed by atoms with Crippen molar-refractivity contribution < 1.29 is 17.6 Å². The molecule has 0 atom stereocenters. The fraction of sp³-hybridized carbons (Fsp3) is 0.0833. The zero-order valence-electron chi connectivity index (χ0n) is 8.45. The highest BCUT2D eigenvalue weighted by molar-refractivity contribution is 5.63. The molecule has 1 heterocycles. The fourth-order valence-corrected chi connectivity index (χ4v) is 1.49. The molecule has 86 valence electrons. The lowest BCUT2D eigenvalue weighted by atomic mass is 10.1. The lowest BCUT2D eigenvalue weighted by Gasteiger charge is -2.10. The van der Waals surface area contributed by atoms with Crippen LogP contribution < -0.4 is 0 Å². The molecule has 0 fully saturated rings. The number of halogens is 3. The van der Waals surface area contributed by atoms with Crippen LogP contribution in [0.3, 0.4) is 0 Å². The van der Waals surface area contributed by atoms with Gasteiger partial charge in [0, 0.05) is 5.56 Å². The molecular formula is C12H6F3NO. The normalized spacial score (nSPS) is 11.2. The monoisotopic (exact) mass is 237 g/mol. The third kappa shape index (κ3) is 2.16. The smallest absolute Gasteiger partial charge is 0.417 e. The molecule has 2 rings (SSSR count). The molecule has 0 amide bonds. The van der Waals surface area contributed by atoms with Gasteiger partial charge in [-0.05, 0) is 18.2 Å². The second-order valence-electron chi connectivity index (χ2n) is 3.32. The van der Waals surface area contributed by atoms with Crippen LogP contribution in [-0.4, -0.2) is 0 Å². The highest BCUT2D eigenvalue weighted by Crippen LogP contribution is 2.37. The first kappa shape index (κ1) is 11.3. The van der Waals surface area contributed by atoms with E-state index in [1.54, 1.807) is 6.07 Å². The van der Waals surface area contributed by atoms with Gasteiger partial charge in [-0.25, -0.2) is 0 Å². The van der Waals surface area contributed by atoms with E-state index in [2.05, 4.69) is 0 Å². The highest BCUT2D eigenvalue weighted by atomic mass is 19.4. The van der Waals surface area contributed by atoms with Crippen molar-refractivity contribution in [3.8, 4) is 17.4 Å². The van der Waals surface area contributed by atoms with Gasteiger partial charge in [0.15, 0.2) is 0 Å². The molecule has 0 saturated carbocycles. The molecule has 17 heavy (non-hydrogen) atoms. The summed E-state index contributed by atoms with van der Waals surface area (Å²) in [5.41, 5.74) is -0.847. The van der Waals surface area contributed by atoms with E-state index in [0.29, 0.717) is 0 Å². The Hall–Kier alpha value is -2.22. The van der Waals surface area contributed by atoms with Crippen molar-refractivity contribution in [2.24, 2.45) is 0 Å². The Kier molecular flexibility index (Phi) is 2.64. The predicted octanol–water partition coefficient (Wildman–Crippen LogP) is 3.84. The fourth-order valence-electron chi connectivity index (χ4n) is 1.49. The van der Waals surface area contributed by atoms with Gasteiger partial charge in [-0.2, -0.15) is 18.4 Å². The molecule has 0 radical (unpaired) electrons. The van der Waals surface area contributed by atoms with Gasteiger partial charge in [-0.1, -0.05) is 18.2 Å². The zero-order valence-corrected chi connectivity index (χ0v) is 8.45. The maximum absolute atomic E-state index is 12.7. The van der Waals surface area contributed by atoms with Crippen LogP contribution >= 0.6 is 0 Å². The second-order valence-corrected chi connectivity index (χ2v) is 3.32. The van der Waals surface area contributed by atoms with Crippen LogP contribution in [0.2, 0.25) is 0 Å². The van der Waals surface area contributed by atoms with E-state index in [9.17, 15) is 13.2 Å². The Morgan fingerprint density at radius 1 is 1.06 bits per heavy atom. The van der Waals surface area contributed by atoms with Gasteiger partial charge in [0.2, 0.25) is 5.76 Å². The minimum Gasteiger partial charge on any atom is -0.446 e. The van der Waals surface area contributed by atoms with Gasteiger partial charge in [0.05, 0.1) is 5.56 Å². The maximum Gasteiger partial charge on any atom is 0.417 e. The predicted molar refractivity (Wildman–Crippen MR) is 53.9 cm³/mol. The van der Waals surface area contributed by atoms with Crippen molar-refractivity contribution in [2.45, 2.75) is 6.18 Å². The SMILES string of the molecule is N#Cc1ccc(-c2ccccc2C(F)(F)F)o1. The number of hydrogen-bond acceptors (Lipinski definition) is 2. The summed E-state index contributed by atoms with van der Waals surface area (Å²) in [6, 6.07) is 9.49. The molecule has 5 heteroatoms. The lowest BCUT2D eigenvalue weighted by molar-refractivity contribution is -0.137. The van der Waals surface area contributed by atoms with Crippen LogP contribution in [0, 0.1) is 11.3 Å². The van der Waals surface area contributed by atoms with Crippen LogP contribution in [-0.2, 0) is 6.18 Å². The van der Waals surface area contributed by atoms with Crippen molar-refractivity contribution >= 4 is 0 Å². The number of furan rings is 1. The largest absolute Gasteiger partial charge is 0.446 e. The zero-order chi connectivity index (χ0) is 12.5. The summed E-state index contributed by atoms with van der Waals surface area (Å²) in [6.07, 6.45) is -4.45. The van der Waals surface area contributed by atoms with Crippen molar-refractivity contribution in [2.75, 3.05) is 0 Å². The van der Waals surface area contributed by atoms with E-state index in [-0.39, 0.29) is 17.1 Å². The van der Waals surface area contributed by atoms with E-state index < -0.39 is 11.7 Å². The standard InChI is InChI=1S/C12H6F3NO/c13-12(14,15)10-4-2-1-3-9(10)11-6-5-8(7-16)17-11/h1-6H. The Bertz CT molecular complexity index is 578. The van der Waals surface area contributed by atoms with E-state index in [1.165, 1.54) is 30.3 Å². The summed E-state index contributed by atoms with van der Waals surface area (Å²) < 4.78 is 43.1. The Labute approximate surface area is 94.9 Å². The Morgan fingerprint density at radius 3 is 2.35 bits per heavy atom. The minimum atomic E-state index is -4.45. The summed E-state index contributed by atoms with van der Waals surface area (Å²) >= 11 is 0. The molecule has 2 nitrogen and oxygen atoms in total. The molecule has 0 saturated heterocycles. The van der Waals surface area contributed by atoms with Gasteiger partial charge in [-0.15, -0.1) is 0 Å². The number of nitriles is 1. The van der Waals surface area contributed by atoms with Gasteiger partial charge >= 0.3 is 6.18 Å². The van der Waals surface area contributed by atoms with Crippen LogP contribution in [0.4, 0.5) is 13.2 Å². The van der Waals surface area contributed by atoms with Gasteiger partial charge in [-0.3, -0.25) is 0 Å². The first-order valence-electron chi connectivity index (χ1n) is 4.69. The van der Waals surface area contributed by atoms with E-state index in [0.717, 1.165) is 6.07 Å². The molecule has 0 unspecified atom stereocenters. The molecule has 2 aromatic rings. The van der Waals surface area contributed by atoms with E-state index >= 15 is 0 Å². The van der Waals surface area contributed by atoms with Crippen molar-refractivity contribution in [1.82, 2.24) is 0 Å². The molecule has 0 N–H and O–H groups in total. The Balaban J connectivity index is 2.56. The first-order chi connectivity index (χ1) is 8.02. The summed E-state index contributed by atoms with van der Waals surface area (Å²) in [4.78, 5) is 0. The average Bonchev–Trinajstić information content (AvgIpc) is 2.76. The number of benzene rings is 1. The summed E-state index contributed by atoms with van der Waals surface area (Å²) in [7, 11) is 0. The minimum absolute atomic E-state index is 0.0167. The second kappa shape index (κ2) is 3.98. The van der Waals surface area contributed by atoms with Crippen molar-refractivity contribution in [3.63, 3.8) is 0 Å². The van der Waals surface area contributed by atoms with Crippen molar-refractivity contribution in [3.05, 3.63) is 47.7 Å². The van der Waals surface area contributed by atoms with E-state index in [4.69, 9.17) is 9.68 Å². The molecule has 0 aliphatic rings. The summed E-state index contributed by atoms with van der Waals surface area (Å²) in [5.74, 6) is 0.0199. The van der Waals surface area contributed by atoms with Gasteiger partial charge in [0.1, 0.15) is 11.8 Å². The molecule has 1 aromatic carbocycles. The maximum atomic E-state index is 12.7. The van der Waals surface area contributed by atoms with Crippen molar-refractivity contribution in [1.29, 1.82) is 5.26 Å². The third-order valence-electron chi connectivity index (χ3n) is 2.21. The number of nitrogens with zero attached hydrogens (tertiary/aromatic N) is 1. The number of hydrogen-bond donors (Lipinski definition) is 0. The first-order valence-corrected chi connectivity index (χ1v) is 4.69. The van der Waals surface area contributed by atoms with Crippen LogP contribution in [0.5, 0.6) is 0 Å². The quantitative estimate of drug-likeness (QED) is 0.755.